The van der Waals surface area contributed by atoms with Crippen LogP contribution in [0.4, 0.5) is 23.2 Å². The Balaban J connectivity index is 2.66. The van der Waals surface area contributed by atoms with Gasteiger partial charge in [0.15, 0.2) is 0 Å². The maximum Gasteiger partial charge on any atom is 0.416 e. The van der Waals surface area contributed by atoms with Crippen LogP contribution in [-0.4, -0.2) is 11.9 Å². The molecule has 0 saturated carbocycles. The zero-order valence-corrected chi connectivity index (χ0v) is 11.4. The Morgan fingerprint density at radius 3 is 2.37 bits per heavy atom. The molecule has 0 spiro atoms. The predicted octanol–water partition coefficient (Wildman–Crippen LogP) is 4.91. The summed E-state index contributed by atoms with van der Waals surface area (Å²) in [4.78, 5) is 0. The topological polar surface area (TPSA) is 12.0 Å². The number of anilines is 1. The number of benzene rings is 1. The van der Waals surface area contributed by atoms with Gasteiger partial charge in [0.2, 0.25) is 0 Å². The molecule has 1 atom stereocenters. The molecular weight excluding hydrogens is 282 g/mol. The normalized spacial score (nSPS) is 13.7. The number of hydrogen-bond acceptors (Lipinski definition) is 1. The van der Waals surface area contributed by atoms with Crippen LogP contribution in [0.5, 0.6) is 0 Å². The van der Waals surface area contributed by atoms with E-state index in [0.29, 0.717) is 18.5 Å². The lowest BCUT2D eigenvalue weighted by Crippen LogP contribution is -2.17. The summed E-state index contributed by atoms with van der Waals surface area (Å²) in [6, 6.07) is 2.41. The van der Waals surface area contributed by atoms with Crippen LogP contribution in [0, 0.1) is 11.7 Å². The van der Waals surface area contributed by atoms with Crippen LogP contribution in [-0.2, 0) is 6.18 Å². The third-order valence-electron chi connectivity index (χ3n) is 2.54. The van der Waals surface area contributed by atoms with E-state index in [1.165, 1.54) is 0 Å². The molecule has 0 aromatic heterocycles. The standard InChI is InChI=1S/C13H16ClF4N/c1-8(2)5-10(14)7-19-12-4-3-9(6-11(12)15)13(16,17)18/h3-4,6,8,10,19H,5,7H2,1-2H3. The van der Waals surface area contributed by atoms with Crippen molar-refractivity contribution in [2.45, 2.75) is 31.8 Å². The molecule has 0 saturated heterocycles. The Bertz CT molecular complexity index is 418. The first-order valence-electron chi connectivity index (χ1n) is 5.95. The van der Waals surface area contributed by atoms with E-state index in [9.17, 15) is 17.6 Å². The number of hydrogen-bond donors (Lipinski definition) is 1. The van der Waals surface area contributed by atoms with Crippen LogP contribution < -0.4 is 5.32 Å². The molecule has 0 heterocycles. The molecule has 0 bridgehead atoms. The van der Waals surface area contributed by atoms with Crippen LogP contribution in [0.2, 0.25) is 0 Å². The molecule has 1 N–H and O–H groups in total. The minimum absolute atomic E-state index is 0.0300. The molecule has 1 unspecified atom stereocenters. The molecule has 0 fully saturated rings. The summed E-state index contributed by atoms with van der Waals surface area (Å²) in [5.41, 5.74) is -0.970. The molecule has 0 amide bonds. The summed E-state index contributed by atoms with van der Waals surface area (Å²) in [5.74, 6) is -0.523. The Labute approximate surface area is 115 Å². The quantitative estimate of drug-likeness (QED) is 0.601. The van der Waals surface area contributed by atoms with E-state index in [2.05, 4.69) is 5.32 Å². The molecule has 1 rings (SSSR count). The molecule has 6 heteroatoms. The zero-order chi connectivity index (χ0) is 14.6. The first kappa shape index (κ1) is 16.1. The van der Waals surface area contributed by atoms with Gasteiger partial charge in [0.25, 0.3) is 0 Å². The van der Waals surface area contributed by atoms with Crippen molar-refractivity contribution in [2.24, 2.45) is 5.92 Å². The first-order chi connectivity index (χ1) is 8.70. The molecule has 1 nitrogen and oxygen atoms in total. The highest BCUT2D eigenvalue weighted by Crippen LogP contribution is 2.31. The average Bonchev–Trinajstić information content (AvgIpc) is 2.25. The summed E-state index contributed by atoms with van der Waals surface area (Å²) in [6.07, 6.45) is -3.79. The van der Waals surface area contributed by atoms with Crippen LogP contribution in [0.1, 0.15) is 25.8 Å². The number of alkyl halides is 4. The highest BCUT2D eigenvalue weighted by atomic mass is 35.5. The Morgan fingerprint density at radius 2 is 1.89 bits per heavy atom. The number of nitrogens with one attached hydrogen (secondary N) is 1. The van der Waals surface area contributed by atoms with Crippen molar-refractivity contribution in [1.29, 1.82) is 0 Å². The lowest BCUT2D eigenvalue weighted by molar-refractivity contribution is -0.137. The molecule has 0 aliphatic rings. The fourth-order valence-electron chi connectivity index (χ4n) is 1.65. The zero-order valence-electron chi connectivity index (χ0n) is 10.7. The second-order valence-corrected chi connectivity index (χ2v) is 5.42. The highest BCUT2D eigenvalue weighted by molar-refractivity contribution is 6.20. The molecule has 0 aliphatic carbocycles. The van der Waals surface area contributed by atoms with Gasteiger partial charge in [0, 0.05) is 6.54 Å². The van der Waals surface area contributed by atoms with Gasteiger partial charge in [0.1, 0.15) is 5.82 Å². The maximum atomic E-state index is 13.5. The largest absolute Gasteiger partial charge is 0.416 e. The van der Waals surface area contributed by atoms with E-state index in [1.807, 2.05) is 13.8 Å². The van der Waals surface area contributed by atoms with Crippen LogP contribution in [0.3, 0.4) is 0 Å². The first-order valence-corrected chi connectivity index (χ1v) is 6.38. The summed E-state index contributed by atoms with van der Waals surface area (Å²) >= 11 is 6.02. The van der Waals surface area contributed by atoms with E-state index in [1.54, 1.807) is 0 Å². The van der Waals surface area contributed by atoms with Gasteiger partial charge in [-0.15, -0.1) is 11.6 Å². The van der Waals surface area contributed by atoms with Gasteiger partial charge >= 0.3 is 6.18 Å². The Morgan fingerprint density at radius 1 is 1.26 bits per heavy atom. The van der Waals surface area contributed by atoms with Crippen molar-refractivity contribution >= 4 is 17.3 Å². The van der Waals surface area contributed by atoms with Crippen molar-refractivity contribution in [2.75, 3.05) is 11.9 Å². The molecule has 1 aromatic carbocycles. The summed E-state index contributed by atoms with van der Waals surface area (Å²) in [5, 5.41) is 2.53. The average molecular weight is 298 g/mol. The van der Waals surface area contributed by atoms with Crippen LogP contribution in [0.15, 0.2) is 18.2 Å². The molecule has 0 aliphatic heterocycles. The molecule has 0 radical (unpaired) electrons. The van der Waals surface area contributed by atoms with Gasteiger partial charge in [-0.2, -0.15) is 13.2 Å². The second-order valence-electron chi connectivity index (χ2n) is 4.80. The summed E-state index contributed by atoms with van der Waals surface area (Å²) in [7, 11) is 0. The van der Waals surface area contributed by atoms with Crippen molar-refractivity contribution in [3.8, 4) is 0 Å². The smallest absolute Gasteiger partial charge is 0.381 e. The Kier molecular flexibility index (Phi) is 5.47. The number of halogens is 5. The third kappa shape index (κ3) is 5.27. The minimum Gasteiger partial charge on any atom is -0.381 e. The van der Waals surface area contributed by atoms with E-state index >= 15 is 0 Å². The van der Waals surface area contributed by atoms with E-state index in [0.717, 1.165) is 18.6 Å². The van der Waals surface area contributed by atoms with Gasteiger partial charge < -0.3 is 5.32 Å². The monoisotopic (exact) mass is 297 g/mol. The van der Waals surface area contributed by atoms with Crippen LogP contribution in [0.25, 0.3) is 0 Å². The van der Waals surface area contributed by atoms with E-state index < -0.39 is 17.6 Å². The lowest BCUT2D eigenvalue weighted by Gasteiger charge is -2.15. The fraction of sp³-hybridized carbons (Fsp3) is 0.538. The number of rotatable bonds is 5. The van der Waals surface area contributed by atoms with Gasteiger partial charge in [-0.05, 0) is 30.5 Å². The van der Waals surface area contributed by atoms with Crippen molar-refractivity contribution in [3.05, 3.63) is 29.6 Å². The van der Waals surface area contributed by atoms with Crippen molar-refractivity contribution in [3.63, 3.8) is 0 Å². The van der Waals surface area contributed by atoms with Gasteiger partial charge in [-0.25, -0.2) is 4.39 Å². The van der Waals surface area contributed by atoms with Crippen molar-refractivity contribution < 1.29 is 17.6 Å². The van der Waals surface area contributed by atoms with Crippen LogP contribution >= 0.6 is 11.6 Å². The Hall–Kier alpha value is -0.970. The molecular formula is C13H16ClF4N. The highest BCUT2D eigenvalue weighted by Gasteiger charge is 2.31. The maximum absolute atomic E-state index is 13.5. The molecule has 108 valence electrons. The summed E-state index contributed by atoms with van der Waals surface area (Å²) in [6.45, 7) is 4.32. The predicted molar refractivity (Wildman–Crippen MR) is 69.0 cm³/mol. The lowest BCUT2D eigenvalue weighted by atomic mass is 10.1. The fourth-order valence-corrected chi connectivity index (χ4v) is 2.08. The SMILES string of the molecule is CC(C)CC(Cl)CNc1ccc(C(F)(F)F)cc1F. The third-order valence-corrected chi connectivity index (χ3v) is 2.87. The molecule has 19 heavy (non-hydrogen) atoms. The van der Waals surface area contributed by atoms with Crippen molar-refractivity contribution in [1.82, 2.24) is 0 Å². The van der Waals surface area contributed by atoms with Gasteiger partial charge in [-0.3, -0.25) is 0 Å². The van der Waals surface area contributed by atoms with Gasteiger partial charge in [-0.1, -0.05) is 13.8 Å². The molecule has 1 aromatic rings. The van der Waals surface area contributed by atoms with E-state index in [4.69, 9.17) is 11.6 Å². The second kappa shape index (κ2) is 6.46. The van der Waals surface area contributed by atoms with Gasteiger partial charge in [0.05, 0.1) is 16.6 Å². The summed E-state index contributed by atoms with van der Waals surface area (Å²) < 4.78 is 50.5. The minimum atomic E-state index is -4.54. The van der Waals surface area contributed by atoms with E-state index in [-0.39, 0.29) is 11.1 Å².